The van der Waals surface area contributed by atoms with Crippen LogP contribution in [0.4, 0.5) is 0 Å². The minimum atomic E-state index is -0.801. The van der Waals surface area contributed by atoms with Crippen molar-refractivity contribution >= 4 is 17.9 Å². The molecule has 0 saturated carbocycles. The Morgan fingerprint density at radius 2 is 0.506 bits per heavy atom. The van der Waals surface area contributed by atoms with E-state index in [1.54, 1.807) is 0 Å². The van der Waals surface area contributed by atoms with Gasteiger partial charge >= 0.3 is 17.9 Å². The number of carbonyl (C=O) groups is 3. The highest BCUT2D eigenvalue weighted by molar-refractivity contribution is 5.71. The molecule has 434 valence electrons. The third-order valence-corrected chi connectivity index (χ3v) is 12.8. The summed E-state index contributed by atoms with van der Waals surface area (Å²) in [6.07, 6.45) is 91.3. The predicted octanol–water partition coefficient (Wildman–Crippen LogP) is 21.5. The van der Waals surface area contributed by atoms with Crippen molar-refractivity contribution < 1.29 is 28.6 Å². The number of ether oxygens (including phenoxy) is 3. The fraction of sp³-hybridized carbons (Fsp3) is 0.620. The number of rotatable bonds is 55. The van der Waals surface area contributed by atoms with Crippen LogP contribution in [0.3, 0.4) is 0 Å². The standard InChI is InChI=1S/C71H114O6/c1-4-7-10-13-16-19-22-24-26-28-30-31-32-33-34-35-36-37-38-39-41-42-44-46-49-52-55-58-61-64-70(73)76-67-68(66-75-69(72)63-60-57-54-51-48-21-18-15-12-9-6-3)77-71(74)65-62-59-56-53-50-47-45-43-40-29-27-25-23-20-17-14-11-8-5-2/h7-8,10-11,16-17,19-20,24-27,30-31,33-34,36-37,39-41,43-44,46,68H,4-6,9,12-15,18,21-23,28-29,32,35,38,42,45,47-67H2,1-3H3/b10-7-,11-8-,19-16-,20-17-,26-24-,27-25-,31-30-,34-33-,37-36-,41-39-,43-40-,46-44-. The Morgan fingerprint density at radius 3 is 0.792 bits per heavy atom. The van der Waals surface area contributed by atoms with E-state index in [0.29, 0.717) is 19.3 Å². The number of carbonyl (C=O) groups excluding carboxylic acids is 3. The molecule has 0 aromatic heterocycles. The van der Waals surface area contributed by atoms with Gasteiger partial charge in [-0.25, -0.2) is 0 Å². The highest BCUT2D eigenvalue weighted by Gasteiger charge is 2.19. The zero-order valence-corrected chi connectivity index (χ0v) is 49.7. The first kappa shape index (κ1) is 72.3. The van der Waals surface area contributed by atoms with E-state index in [4.69, 9.17) is 14.2 Å². The molecule has 0 aliphatic carbocycles. The van der Waals surface area contributed by atoms with Crippen molar-refractivity contribution in [2.75, 3.05) is 13.2 Å². The Hall–Kier alpha value is -4.71. The minimum Gasteiger partial charge on any atom is -0.462 e. The fourth-order valence-corrected chi connectivity index (χ4v) is 8.21. The Morgan fingerprint density at radius 1 is 0.273 bits per heavy atom. The maximum absolute atomic E-state index is 12.9. The molecule has 0 radical (unpaired) electrons. The van der Waals surface area contributed by atoms with E-state index >= 15 is 0 Å². The monoisotopic (exact) mass is 1060 g/mol. The van der Waals surface area contributed by atoms with E-state index in [1.165, 1.54) is 64.2 Å². The molecule has 0 spiro atoms. The molecule has 0 saturated heterocycles. The van der Waals surface area contributed by atoms with Crippen LogP contribution in [0.25, 0.3) is 0 Å². The van der Waals surface area contributed by atoms with Gasteiger partial charge in [-0.15, -0.1) is 0 Å². The van der Waals surface area contributed by atoms with E-state index in [9.17, 15) is 14.4 Å². The van der Waals surface area contributed by atoms with E-state index in [2.05, 4.69) is 167 Å². The fourth-order valence-electron chi connectivity index (χ4n) is 8.21. The lowest BCUT2D eigenvalue weighted by molar-refractivity contribution is -0.167. The summed E-state index contributed by atoms with van der Waals surface area (Å²) in [5.41, 5.74) is 0. The van der Waals surface area contributed by atoms with Crippen molar-refractivity contribution in [2.45, 2.75) is 271 Å². The lowest BCUT2D eigenvalue weighted by atomic mass is 10.1. The maximum atomic E-state index is 12.9. The first-order valence-corrected chi connectivity index (χ1v) is 31.3. The minimum absolute atomic E-state index is 0.0953. The highest BCUT2D eigenvalue weighted by atomic mass is 16.6. The van der Waals surface area contributed by atoms with Crippen molar-refractivity contribution in [2.24, 2.45) is 0 Å². The molecule has 0 amide bonds. The average molecular weight is 1060 g/mol. The molecule has 6 nitrogen and oxygen atoms in total. The van der Waals surface area contributed by atoms with Crippen molar-refractivity contribution in [1.82, 2.24) is 0 Å². The predicted molar refractivity (Wildman–Crippen MR) is 334 cm³/mol. The van der Waals surface area contributed by atoms with Gasteiger partial charge in [0.25, 0.3) is 0 Å². The number of unbranched alkanes of at least 4 members (excludes halogenated alkanes) is 20. The van der Waals surface area contributed by atoms with Gasteiger partial charge in [0, 0.05) is 19.3 Å². The molecule has 0 aromatic carbocycles. The van der Waals surface area contributed by atoms with E-state index in [0.717, 1.165) is 161 Å². The summed E-state index contributed by atoms with van der Waals surface area (Å²) in [5, 5.41) is 0. The molecule has 0 rings (SSSR count). The summed E-state index contributed by atoms with van der Waals surface area (Å²) >= 11 is 0. The van der Waals surface area contributed by atoms with Crippen LogP contribution < -0.4 is 0 Å². The van der Waals surface area contributed by atoms with Gasteiger partial charge in [0.2, 0.25) is 0 Å². The molecular formula is C71H114O6. The second-order valence-corrected chi connectivity index (χ2v) is 20.2. The van der Waals surface area contributed by atoms with Gasteiger partial charge in [-0.1, -0.05) is 269 Å². The molecular weight excluding hydrogens is 949 g/mol. The van der Waals surface area contributed by atoms with Crippen LogP contribution in [0.1, 0.15) is 265 Å². The summed E-state index contributed by atoms with van der Waals surface area (Å²) in [7, 11) is 0. The molecule has 6 heteroatoms. The Bertz CT molecular complexity index is 1700. The Kier molecular flexibility index (Phi) is 59.9. The van der Waals surface area contributed by atoms with Crippen LogP contribution in [0, 0.1) is 0 Å². The molecule has 0 heterocycles. The van der Waals surface area contributed by atoms with E-state index < -0.39 is 6.10 Å². The van der Waals surface area contributed by atoms with Gasteiger partial charge in [-0.3, -0.25) is 14.4 Å². The molecule has 0 aromatic rings. The van der Waals surface area contributed by atoms with Gasteiger partial charge in [0.1, 0.15) is 13.2 Å². The Balaban J connectivity index is 4.39. The maximum Gasteiger partial charge on any atom is 0.306 e. The molecule has 0 fully saturated rings. The van der Waals surface area contributed by atoms with E-state index in [1.807, 2.05) is 0 Å². The molecule has 0 aliphatic rings. The summed E-state index contributed by atoms with van der Waals surface area (Å²) in [5.74, 6) is -0.938. The van der Waals surface area contributed by atoms with Crippen LogP contribution in [0.5, 0.6) is 0 Å². The second-order valence-electron chi connectivity index (χ2n) is 20.2. The average Bonchev–Trinajstić information content (AvgIpc) is 3.43. The quantitative estimate of drug-likeness (QED) is 0.0261. The number of allylic oxidation sites excluding steroid dienone is 24. The molecule has 0 N–H and O–H groups in total. The van der Waals surface area contributed by atoms with Crippen LogP contribution in [-0.4, -0.2) is 37.2 Å². The van der Waals surface area contributed by atoms with Gasteiger partial charge in [-0.05, 0) is 122 Å². The van der Waals surface area contributed by atoms with Gasteiger partial charge in [0.05, 0.1) is 0 Å². The topological polar surface area (TPSA) is 78.9 Å². The lowest BCUT2D eigenvalue weighted by Gasteiger charge is -2.18. The number of esters is 3. The lowest BCUT2D eigenvalue weighted by Crippen LogP contribution is -2.30. The third kappa shape index (κ3) is 62.0. The number of hydrogen-bond acceptors (Lipinski definition) is 6. The summed E-state index contributed by atoms with van der Waals surface area (Å²) in [6, 6.07) is 0. The molecule has 0 bridgehead atoms. The number of hydrogen-bond donors (Lipinski definition) is 0. The van der Waals surface area contributed by atoms with Gasteiger partial charge in [-0.2, -0.15) is 0 Å². The van der Waals surface area contributed by atoms with Crippen LogP contribution in [-0.2, 0) is 28.6 Å². The van der Waals surface area contributed by atoms with Crippen molar-refractivity contribution in [3.63, 3.8) is 0 Å². The SMILES string of the molecule is CC/C=C\C/C=C\C/C=C\C/C=C\C/C=C\C/C=C\C/C=C\C/C=C\CCCCCCC(=O)OCC(COC(=O)CCCCCCCCCCCCC)OC(=O)CCCCCCCC/C=C\C/C=C\C/C=C\C/C=C\CC. The summed E-state index contributed by atoms with van der Waals surface area (Å²) in [4.78, 5) is 38.2. The zero-order chi connectivity index (χ0) is 55.7. The first-order valence-electron chi connectivity index (χ1n) is 31.3. The zero-order valence-electron chi connectivity index (χ0n) is 49.7. The normalized spacial score (nSPS) is 13.1. The second kappa shape index (κ2) is 63.8. The van der Waals surface area contributed by atoms with Crippen molar-refractivity contribution in [1.29, 1.82) is 0 Å². The van der Waals surface area contributed by atoms with Crippen molar-refractivity contribution in [3.05, 3.63) is 146 Å². The summed E-state index contributed by atoms with van der Waals surface area (Å²) in [6.45, 7) is 6.37. The largest absolute Gasteiger partial charge is 0.462 e. The van der Waals surface area contributed by atoms with Crippen LogP contribution in [0.2, 0.25) is 0 Å². The van der Waals surface area contributed by atoms with Crippen LogP contribution >= 0.6 is 0 Å². The smallest absolute Gasteiger partial charge is 0.306 e. The molecule has 0 aliphatic heterocycles. The Labute approximate surface area is 474 Å². The van der Waals surface area contributed by atoms with Gasteiger partial charge < -0.3 is 14.2 Å². The van der Waals surface area contributed by atoms with Gasteiger partial charge in [0.15, 0.2) is 6.10 Å². The summed E-state index contributed by atoms with van der Waals surface area (Å²) < 4.78 is 16.9. The molecule has 1 unspecified atom stereocenters. The molecule has 1 atom stereocenters. The highest BCUT2D eigenvalue weighted by Crippen LogP contribution is 2.15. The van der Waals surface area contributed by atoms with E-state index in [-0.39, 0.29) is 31.1 Å². The third-order valence-electron chi connectivity index (χ3n) is 12.8. The molecule has 77 heavy (non-hydrogen) atoms. The van der Waals surface area contributed by atoms with Crippen LogP contribution in [0.15, 0.2) is 146 Å². The van der Waals surface area contributed by atoms with Crippen molar-refractivity contribution in [3.8, 4) is 0 Å². The first-order chi connectivity index (χ1) is 38.0.